The van der Waals surface area contributed by atoms with Gasteiger partial charge in [-0.15, -0.1) is 0 Å². The monoisotopic (exact) mass is 637 g/mol. The Balaban J connectivity index is 1.10. The van der Waals surface area contributed by atoms with E-state index >= 15 is 0 Å². The first-order valence-electron chi connectivity index (χ1n) is 17.1. The molecule has 3 nitrogen and oxygen atoms in total. The van der Waals surface area contributed by atoms with E-state index in [2.05, 4.69) is 197 Å². The molecule has 0 aliphatic heterocycles. The van der Waals surface area contributed by atoms with Crippen LogP contribution in [0.3, 0.4) is 0 Å². The van der Waals surface area contributed by atoms with Crippen LogP contribution in [0.15, 0.2) is 188 Å². The van der Waals surface area contributed by atoms with E-state index in [1.807, 2.05) is 0 Å². The van der Waals surface area contributed by atoms with Crippen LogP contribution >= 0.6 is 0 Å². The maximum Gasteiger partial charge on any atom is 0.0956 e. The van der Waals surface area contributed by atoms with Crippen molar-refractivity contribution in [3.8, 4) is 45.0 Å². The molecule has 0 radical (unpaired) electrons. The van der Waals surface area contributed by atoms with Crippen molar-refractivity contribution in [2.24, 2.45) is 0 Å². The second-order valence-corrected chi connectivity index (χ2v) is 12.8. The number of para-hydroxylation sites is 3. The van der Waals surface area contributed by atoms with E-state index in [1.165, 1.54) is 43.7 Å². The van der Waals surface area contributed by atoms with Gasteiger partial charge in [0.05, 0.1) is 33.5 Å². The third-order valence-corrected chi connectivity index (χ3v) is 9.93. The van der Waals surface area contributed by atoms with Gasteiger partial charge in [0, 0.05) is 44.0 Å². The van der Waals surface area contributed by atoms with Gasteiger partial charge in [-0.05, 0) is 59.7 Å². The van der Waals surface area contributed by atoms with Crippen LogP contribution < -0.4 is 0 Å². The van der Waals surface area contributed by atoms with Crippen molar-refractivity contribution < 1.29 is 0 Å². The van der Waals surface area contributed by atoms with Gasteiger partial charge in [0.15, 0.2) is 0 Å². The van der Waals surface area contributed by atoms with Crippen molar-refractivity contribution in [3.05, 3.63) is 188 Å². The molecule has 0 atom stereocenters. The van der Waals surface area contributed by atoms with E-state index in [9.17, 15) is 0 Å². The van der Waals surface area contributed by atoms with E-state index in [0.29, 0.717) is 0 Å². The lowest BCUT2D eigenvalue weighted by atomic mass is 10.0. The molecule has 7 aromatic carbocycles. The summed E-state index contributed by atoms with van der Waals surface area (Å²) in [5, 5.41) is 4.95. The zero-order valence-corrected chi connectivity index (χ0v) is 27.2. The number of aromatic nitrogens is 3. The molecule has 0 aliphatic carbocycles. The van der Waals surface area contributed by atoms with Gasteiger partial charge in [-0.25, -0.2) is 4.98 Å². The van der Waals surface area contributed by atoms with Gasteiger partial charge in [0.25, 0.3) is 0 Å². The molecular formula is C47H31N3. The van der Waals surface area contributed by atoms with Crippen LogP contribution in [0, 0.1) is 0 Å². The molecule has 0 spiro atoms. The molecule has 3 aromatic heterocycles. The number of benzene rings is 7. The third-order valence-electron chi connectivity index (χ3n) is 9.93. The quantitative estimate of drug-likeness (QED) is 0.184. The van der Waals surface area contributed by atoms with Crippen LogP contribution in [0.25, 0.3) is 88.6 Å². The highest BCUT2D eigenvalue weighted by Gasteiger charge is 2.20. The molecule has 10 aromatic rings. The molecule has 0 N–H and O–H groups in total. The molecular weight excluding hydrogens is 607 g/mol. The highest BCUT2D eigenvalue weighted by molar-refractivity contribution is 6.14. The molecule has 234 valence electrons. The Morgan fingerprint density at radius 1 is 0.320 bits per heavy atom. The van der Waals surface area contributed by atoms with Gasteiger partial charge in [-0.3, -0.25) is 0 Å². The molecule has 0 aliphatic rings. The zero-order valence-electron chi connectivity index (χ0n) is 27.2. The van der Waals surface area contributed by atoms with Crippen LogP contribution in [-0.4, -0.2) is 14.1 Å². The summed E-state index contributed by atoms with van der Waals surface area (Å²) in [7, 11) is 0. The van der Waals surface area contributed by atoms with Crippen molar-refractivity contribution in [2.75, 3.05) is 0 Å². The van der Waals surface area contributed by atoms with E-state index in [0.717, 1.165) is 44.9 Å². The first kappa shape index (κ1) is 28.3. The van der Waals surface area contributed by atoms with Crippen LogP contribution in [0.2, 0.25) is 0 Å². The largest absolute Gasteiger partial charge is 0.309 e. The van der Waals surface area contributed by atoms with Gasteiger partial charge < -0.3 is 9.13 Å². The average molecular weight is 638 g/mol. The SMILES string of the molecule is c1ccc(-c2cc3c4ccccc4n(-c4ccc(-c5ccc(-n6c7ccccc7c7ccccc76)cc5)cc4)c3c(-c3ccccc3)n2)cc1. The average Bonchev–Trinajstić information content (AvgIpc) is 3.72. The minimum atomic E-state index is 0.972. The fraction of sp³-hybridized carbons (Fsp3) is 0. The molecule has 0 saturated carbocycles. The van der Waals surface area contributed by atoms with Crippen molar-refractivity contribution in [3.63, 3.8) is 0 Å². The first-order chi connectivity index (χ1) is 24.8. The first-order valence-corrected chi connectivity index (χ1v) is 17.1. The predicted octanol–water partition coefficient (Wildman–Crippen LogP) is 12.3. The Kier molecular flexibility index (Phi) is 6.49. The van der Waals surface area contributed by atoms with Gasteiger partial charge in [0.1, 0.15) is 0 Å². The summed E-state index contributed by atoms with van der Waals surface area (Å²) in [5.41, 5.74) is 13.5. The predicted molar refractivity (Wildman–Crippen MR) is 209 cm³/mol. The van der Waals surface area contributed by atoms with Crippen molar-refractivity contribution in [2.45, 2.75) is 0 Å². The summed E-state index contributed by atoms with van der Waals surface area (Å²) in [6, 6.07) is 67.2. The third kappa shape index (κ3) is 4.48. The lowest BCUT2D eigenvalue weighted by Crippen LogP contribution is -1.98. The molecule has 50 heavy (non-hydrogen) atoms. The Hall–Kier alpha value is -6.71. The lowest BCUT2D eigenvalue weighted by Gasteiger charge is -2.14. The molecule has 0 unspecified atom stereocenters. The number of nitrogens with zero attached hydrogens (tertiary/aromatic N) is 3. The number of fused-ring (bicyclic) bond motifs is 6. The Morgan fingerprint density at radius 2 is 0.740 bits per heavy atom. The summed E-state index contributed by atoms with van der Waals surface area (Å²) >= 11 is 0. The highest BCUT2D eigenvalue weighted by atomic mass is 15.0. The minimum absolute atomic E-state index is 0.972. The van der Waals surface area contributed by atoms with Crippen LogP contribution in [0.4, 0.5) is 0 Å². The van der Waals surface area contributed by atoms with Crippen LogP contribution in [-0.2, 0) is 0 Å². The maximum atomic E-state index is 5.33. The zero-order chi connectivity index (χ0) is 33.0. The maximum absolute atomic E-state index is 5.33. The van der Waals surface area contributed by atoms with E-state index < -0.39 is 0 Å². The number of hydrogen-bond donors (Lipinski definition) is 0. The second kappa shape index (κ2) is 11.5. The summed E-state index contributed by atoms with van der Waals surface area (Å²) in [4.78, 5) is 5.33. The van der Waals surface area contributed by atoms with Crippen molar-refractivity contribution >= 4 is 43.6 Å². The molecule has 0 saturated heterocycles. The Bertz CT molecular complexity index is 2770. The summed E-state index contributed by atoms with van der Waals surface area (Å²) < 4.78 is 4.74. The van der Waals surface area contributed by atoms with Crippen LogP contribution in [0.5, 0.6) is 0 Å². The second-order valence-electron chi connectivity index (χ2n) is 12.8. The van der Waals surface area contributed by atoms with E-state index in [-0.39, 0.29) is 0 Å². The van der Waals surface area contributed by atoms with Gasteiger partial charge in [-0.2, -0.15) is 0 Å². The summed E-state index contributed by atoms with van der Waals surface area (Å²) in [6.07, 6.45) is 0. The number of pyridine rings is 1. The van der Waals surface area contributed by atoms with Crippen molar-refractivity contribution in [1.82, 2.24) is 14.1 Å². The normalized spacial score (nSPS) is 11.6. The highest BCUT2D eigenvalue weighted by Crippen LogP contribution is 2.40. The van der Waals surface area contributed by atoms with Gasteiger partial charge in [0.2, 0.25) is 0 Å². The standard InChI is InChI=1S/C47H31N3/c1-3-13-34(14-4-1)42-31-41-40-19-9-12-22-45(40)50(47(41)46(48-42)35-15-5-2-6-16-35)37-29-25-33(26-30-37)32-23-27-36(28-24-32)49-43-20-10-7-17-38(43)39-18-8-11-21-44(39)49/h1-31H. The topological polar surface area (TPSA) is 22.8 Å². The molecule has 0 fully saturated rings. The van der Waals surface area contributed by atoms with Crippen molar-refractivity contribution in [1.29, 1.82) is 0 Å². The van der Waals surface area contributed by atoms with Crippen LogP contribution in [0.1, 0.15) is 0 Å². The Labute approximate surface area is 290 Å². The summed E-state index contributed by atoms with van der Waals surface area (Å²) in [5.74, 6) is 0. The molecule has 0 bridgehead atoms. The number of rotatable bonds is 5. The molecule has 3 heteroatoms. The molecule has 10 rings (SSSR count). The van der Waals surface area contributed by atoms with E-state index in [4.69, 9.17) is 4.98 Å². The van der Waals surface area contributed by atoms with Gasteiger partial charge >= 0.3 is 0 Å². The Morgan fingerprint density at radius 3 is 1.28 bits per heavy atom. The van der Waals surface area contributed by atoms with Gasteiger partial charge in [-0.1, -0.05) is 140 Å². The fourth-order valence-corrected chi connectivity index (χ4v) is 7.62. The van der Waals surface area contributed by atoms with E-state index in [1.54, 1.807) is 0 Å². The lowest BCUT2D eigenvalue weighted by molar-refractivity contribution is 1.17. The number of hydrogen-bond acceptors (Lipinski definition) is 1. The molecule has 0 amide bonds. The smallest absolute Gasteiger partial charge is 0.0956 e. The minimum Gasteiger partial charge on any atom is -0.309 e. The fourth-order valence-electron chi connectivity index (χ4n) is 7.62. The molecule has 3 heterocycles. The summed E-state index contributed by atoms with van der Waals surface area (Å²) in [6.45, 7) is 0.